The summed E-state index contributed by atoms with van der Waals surface area (Å²) in [5.74, 6) is 1.30. The molecule has 1 unspecified atom stereocenters. The number of aromatic nitrogens is 1. The maximum Gasteiger partial charge on any atom is 0.319 e. The highest BCUT2D eigenvalue weighted by Gasteiger charge is 2.18. The number of anilines is 1. The van der Waals surface area contributed by atoms with Crippen molar-refractivity contribution in [2.24, 2.45) is 0 Å². The standard InChI is InChI=1S/C26H28ClN5O4/c1-2-29-26(34)31-22-6-5-19(12-21(22)27)36-24-7-8-30-23-13-25(17(14-28)11-20(23)24)35-16-18(33)15-32-9-3-4-10-32/h5-8,11-13,18,33H,2-4,9-10,15-16H2,1H3,(H2,29,31,34). The molecule has 36 heavy (non-hydrogen) atoms. The Balaban J connectivity index is 1.50. The number of urea groups is 1. The van der Waals surface area contributed by atoms with Gasteiger partial charge < -0.3 is 30.1 Å². The fourth-order valence-electron chi connectivity index (χ4n) is 4.06. The lowest BCUT2D eigenvalue weighted by Gasteiger charge is -2.20. The fraction of sp³-hybridized carbons (Fsp3) is 0.346. The first-order valence-electron chi connectivity index (χ1n) is 11.8. The number of rotatable bonds is 9. The molecule has 0 bridgehead atoms. The van der Waals surface area contributed by atoms with Gasteiger partial charge in [0.2, 0.25) is 0 Å². The van der Waals surface area contributed by atoms with Crippen molar-refractivity contribution >= 4 is 34.2 Å². The third kappa shape index (κ3) is 6.34. The van der Waals surface area contributed by atoms with Gasteiger partial charge in [0.15, 0.2) is 0 Å². The number of nitriles is 1. The van der Waals surface area contributed by atoms with Gasteiger partial charge in [0.1, 0.15) is 36.0 Å². The van der Waals surface area contributed by atoms with Gasteiger partial charge in [-0.05, 0) is 57.1 Å². The number of nitrogens with one attached hydrogen (secondary N) is 2. The topological polar surface area (TPSA) is 120 Å². The van der Waals surface area contributed by atoms with Crippen molar-refractivity contribution < 1.29 is 19.4 Å². The van der Waals surface area contributed by atoms with Crippen LogP contribution in [-0.2, 0) is 0 Å². The molecule has 4 rings (SSSR count). The summed E-state index contributed by atoms with van der Waals surface area (Å²) in [5.41, 5.74) is 1.35. The van der Waals surface area contributed by atoms with Crippen molar-refractivity contribution in [1.82, 2.24) is 15.2 Å². The SMILES string of the molecule is CCNC(=O)Nc1ccc(Oc2ccnc3cc(OCC(O)CN4CCCC4)c(C#N)cc23)cc1Cl. The minimum Gasteiger partial charge on any atom is -0.489 e. The lowest BCUT2D eigenvalue weighted by molar-refractivity contribution is 0.0758. The lowest BCUT2D eigenvalue weighted by atomic mass is 10.1. The van der Waals surface area contributed by atoms with E-state index in [-0.39, 0.29) is 12.6 Å². The number of pyridine rings is 1. The number of halogens is 1. The second-order valence-electron chi connectivity index (χ2n) is 8.49. The summed E-state index contributed by atoms with van der Waals surface area (Å²) in [4.78, 5) is 18.4. The molecule has 9 nitrogen and oxygen atoms in total. The van der Waals surface area contributed by atoms with Gasteiger partial charge in [-0.3, -0.25) is 4.98 Å². The lowest BCUT2D eigenvalue weighted by Crippen LogP contribution is -2.33. The van der Waals surface area contributed by atoms with E-state index in [0.717, 1.165) is 25.9 Å². The van der Waals surface area contributed by atoms with E-state index in [1.54, 1.807) is 42.6 Å². The van der Waals surface area contributed by atoms with Crippen LogP contribution in [0.1, 0.15) is 25.3 Å². The van der Waals surface area contributed by atoms with Gasteiger partial charge in [-0.25, -0.2) is 4.79 Å². The van der Waals surface area contributed by atoms with Crippen LogP contribution in [0.15, 0.2) is 42.6 Å². The number of fused-ring (bicyclic) bond motifs is 1. The molecule has 1 aliphatic rings. The van der Waals surface area contributed by atoms with Gasteiger partial charge in [0.25, 0.3) is 0 Å². The average Bonchev–Trinajstić information content (AvgIpc) is 3.37. The van der Waals surface area contributed by atoms with Crippen LogP contribution < -0.4 is 20.1 Å². The van der Waals surface area contributed by atoms with Gasteiger partial charge in [-0.1, -0.05) is 11.6 Å². The molecular formula is C26H28ClN5O4. The molecule has 0 aliphatic carbocycles. The number of benzene rings is 2. The molecule has 3 N–H and O–H groups in total. The molecule has 1 fully saturated rings. The Morgan fingerprint density at radius 2 is 2.06 bits per heavy atom. The second kappa shape index (κ2) is 11.9. The minimum atomic E-state index is -0.650. The first-order chi connectivity index (χ1) is 17.5. The molecule has 0 spiro atoms. The number of aliphatic hydroxyl groups excluding tert-OH is 1. The molecule has 0 saturated carbocycles. The van der Waals surface area contributed by atoms with Gasteiger partial charge in [-0.2, -0.15) is 5.26 Å². The molecule has 1 saturated heterocycles. The van der Waals surface area contributed by atoms with Crippen LogP contribution in [0.25, 0.3) is 10.9 Å². The van der Waals surface area contributed by atoms with Gasteiger partial charge >= 0.3 is 6.03 Å². The Labute approximate surface area is 214 Å². The number of hydrogen-bond acceptors (Lipinski definition) is 7. The number of amides is 2. The minimum absolute atomic E-state index is 0.0854. The van der Waals surface area contributed by atoms with E-state index >= 15 is 0 Å². The largest absolute Gasteiger partial charge is 0.489 e. The van der Waals surface area contributed by atoms with Crippen molar-refractivity contribution in [2.75, 3.05) is 38.1 Å². The third-order valence-electron chi connectivity index (χ3n) is 5.78. The molecule has 1 aliphatic heterocycles. The Bertz CT molecular complexity index is 1270. The molecule has 2 heterocycles. The zero-order valence-electron chi connectivity index (χ0n) is 20.0. The van der Waals surface area contributed by atoms with E-state index in [2.05, 4.69) is 26.6 Å². The van der Waals surface area contributed by atoms with Gasteiger partial charge in [0.05, 0.1) is 21.8 Å². The van der Waals surface area contributed by atoms with Crippen molar-refractivity contribution in [1.29, 1.82) is 5.26 Å². The molecule has 2 amide bonds. The molecule has 1 atom stereocenters. The first-order valence-corrected chi connectivity index (χ1v) is 12.2. The number of hydrogen-bond donors (Lipinski definition) is 3. The highest BCUT2D eigenvalue weighted by molar-refractivity contribution is 6.33. The maximum atomic E-state index is 11.8. The second-order valence-corrected chi connectivity index (χ2v) is 8.89. The number of nitrogens with zero attached hydrogens (tertiary/aromatic N) is 3. The monoisotopic (exact) mass is 509 g/mol. The van der Waals surface area contributed by atoms with Gasteiger partial charge in [0, 0.05) is 36.8 Å². The fourth-order valence-corrected chi connectivity index (χ4v) is 4.28. The highest BCUT2D eigenvalue weighted by atomic mass is 35.5. The van der Waals surface area contributed by atoms with Crippen molar-refractivity contribution in [3.63, 3.8) is 0 Å². The zero-order chi connectivity index (χ0) is 25.5. The summed E-state index contributed by atoms with van der Waals surface area (Å²) >= 11 is 6.32. The van der Waals surface area contributed by atoms with Crippen LogP contribution >= 0.6 is 11.6 Å². The van der Waals surface area contributed by atoms with E-state index in [1.165, 1.54) is 0 Å². The molecule has 0 radical (unpaired) electrons. The average molecular weight is 510 g/mol. The quantitative estimate of drug-likeness (QED) is 0.387. The maximum absolute atomic E-state index is 11.8. The highest BCUT2D eigenvalue weighted by Crippen LogP contribution is 2.35. The van der Waals surface area contributed by atoms with Crippen LogP contribution in [0, 0.1) is 11.3 Å². The normalized spacial score (nSPS) is 14.3. The molecule has 188 valence electrons. The summed E-state index contributed by atoms with van der Waals surface area (Å²) in [6, 6.07) is 11.8. The van der Waals surface area contributed by atoms with E-state index < -0.39 is 6.10 Å². The first kappa shape index (κ1) is 25.5. The summed E-state index contributed by atoms with van der Waals surface area (Å²) in [6.07, 6.45) is 3.25. The molecule has 2 aromatic carbocycles. The summed E-state index contributed by atoms with van der Waals surface area (Å²) in [7, 11) is 0. The number of aliphatic hydroxyl groups is 1. The number of β-amino-alcohol motifs (C(OH)–C–C–N with tert-alkyl or cyclic N) is 1. The van der Waals surface area contributed by atoms with Gasteiger partial charge in [-0.15, -0.1) is 0 Å². The number of carbonyl (C=O) groups is 1. The van der Waals surface area contributed by atoms with Crippen LogP contribution in [0.2, 0.25) is 5.02 Å². The summed E-state index contributed by atoms with van der Waals surface area (Å²) in [5, 5.41) is 26.3. The van der Waals surface area contributed by atoms with Crippen molar-refractivity contribution in [2.45, 2.75) is 25.9 Å². The predicted molar refractivity (Wildman–Crippen MR) is 138 cm³/mol. The van der Waals surface area contributed by atoms with Crippen LogP contribution in [0.3, 0.4) is 0 Å². The third-order valence-corrected chi connectivity index (χ3v) is 6.09. The van der Waals surface area contributed by atoms with E-state index in [1.807, 2.05) is 6.92 Å². The predicted octanol–water partition coefficient (Wildman–Crippen LogP) is 4.53. The van der Waals surface area contributed by atoms with Crippen molar-refractivity contribution in [3.8, 4) is 23.3 Å². The molecular weight excluding hydrogens is 482 g/mol. The Morgan fingerprint density at radius 1 is 1.25 bits per heavy atom. The number of carbonyl (C=O) groups excluding carboxylic acids is 1. The summed E-state index contributed by atoms with van der Waals surface area (Å²) in [6.45, 7) is 4.93. The Hall–Kier alpha value is -3.58. The Morgan fingerprint density at radius 3 is 2.78 bits per heavy atom. The zero-order valence-corrected chi connectivity index (χ0v) is 20.7. The van der Waals surface area contributed by atoms with Crippen molar-refractivity contribution in [3.05, 3.63) is 53.2 Å². The Kier molecular flexibility index (Phi) is 8.44. The van der Waals surface area contributed by atoms with E-state index in [0.29, 0.717) is 57.5 Å². The number of likely N-dealkylation sites (tertiary alicyclic amines) is 1. The van der Waals surface area contributed by atoms with E-state index in [4.69, 9.17) is 21.1 Å². The molecule has 3 aromatic rings. The number of ether oxygens (including phenoxy) is 2. The molecule has 1 aromatic heterocycles. The van der Waals surface area contributed by atoms with Crippen LogP contribution in [0.4, 0.5) is 10.5 Å². The van der Waals surface area contributed by atoms with E-state index in [9.17, 15) is 15.2 Å². The van der Waals surface area contributed by atoms with Crippen LogP contribution in [0.5, 0.6) is 17.2 Å². The smallest absolute Gasteiger partial charge is 0.319 e. The molecule has 10 heteroatoms. The summed E-state index contributed by atoms with van der Waals surface area (Å²) < 4.78 is 11.9. The van der Waals surface area contributed by atoms with Crippen LogP contribution in [-0.4, -0.2) is 59.9 Å².